The van der Waals surface area contributed by atoms with Crippen LogP contribution in [0.2, 0.25) is 0 Å². The molecule has 0 aromatic heterocycles. The fraction of sp³-hybridized carbons (Fsp3) is 0.533. The van der Waals surface area contributed by atoms with Gasteiger partial charge in [-0.25, -0.2) is 0 Å². The first-order chi connectivity index (χ1) is 9.43. The number of carbonyl (C=O) groups excluding carboxylic acids is 1. The van der Waals surface area contributed by atoms with Crippen molar-refractivity contribution < 1.29 is 4.79 Å². The van der Waals surface area contributed by atoms with Gasteiger partial charge in [0.15, 0.2) is 0 Å². The molecule has 0 saturated carbocycles. The SMILES string of the molecule is CSCCC(C)N(C)CC(=O)Nc1cc(N)ccc1C. The number of thioether (sulfide) groups is 1. The molecule has 20 heavy (non-hydrogen) atoms. The maximum atomic E-state index is 12.1. The molecule has 5 heteroatoms. The fourth-order valence-electron chi connectivity index (χ4n) is 1.86. The van der Waals surface area contributed by atoms with Gasteiger partial charge in [0.05, 0.1) is 6.54 Å². The zero-order valence-electron chi connectivity index (χ0n) is 12.8. The van der Waals surface area contributed by atoms with Gasteiger partial charge in [0, 0.05) is 17.4 Å². The van der Waals surface area contributed by atoms with Crippen LogP contribution in [0.4, 0.5) is 11.4 Å². The van der Waals surface area contributed by atoms with E-state index < -0.39 is 0 Å². The van der Waals surface area contributed by atoms with Crippen molar-refractivity contribution in [1.29, 1.82) is 0 Å². The van der Waals surface area contributed by atoms with Crippen molar-refractivity contribution >= 4 is 29.0 Å². The third-order valence-electron chi connectivity index (χ3n) is 3.42. The van der Waals surface area contributed by atoms with Gasteiger partial charge in [0.1, 0.15) is 0 Å². The third kappa shape index (κ3) is 5.43. The van der Waals surface area contributed by atoms with Crippen LogP contribution in [-0.4, -0.2) is 42.4 Å². The minimum absolute atomic E-state index is 0.00259. The summed E-state index contributed by atoms with van der Waals surface area (Å²) in [6.45, 7) is 4.50. The van der Waals surface area contributed by atoms with Gasteiger partial charge in [-0.3, -0.25) is 9.69 Å². The summed E-state index contributed by atoms with van der Waals surface area (Å²) in [4.78, 5) is 14.1. The molecule has 1 atom stereocenters. The minimum Gasteiger partial charge on any atom is -0.399 e. The predicted molar refractivity (Wildman–Crippen MR) is 89.3 cm³/mol. The first-order valence-electron chi connectivity index (χ1n) is 6.79. The first-order valence-corrected chi connectivity index (χ1v) is 8.18. The van der Waals surface area contributed by atoms with Crippen LogP contribution in [0.3, 0.4) is 0 Å². The summed E-state index contributed by atoms with van der Waals surface area (Å²) < 4.78 is 0. The molecular formula is C15H25N3OS. The molecule has 0 bridgehead atoms. The van der Waals surface area contributed by atoms with Crippen molar-refractivity contribution in [2.75, 3.05) is 36.7 Å². The average molecular weight is 295 g/mol. The van der Waals surface area contributed by atoms with Gasteiger partial charge in [0.25, 0.3) is 0 Å². The van der Waals surface area contributed by atoms with Gasteiger partial charge in [-0.05, 0) is 57.0 Å². The molecule has 112 valence electrons. The average Bonchev–Trinajstić information content (AvgIpc) is 2.40. The van der Waals surface area contributed by atoms with Crippen molar-refractivity contribution in [1.82, 2.24) is 4.90 Å². The van der Waals surface area contributed by atoms with E-state index in [1.165, 1.54) is 0 Å². The number of aryl methyl sites for hydroxylation is 1. The monoisotopic (exact) mass is 295 g/mol. The summed E-state index contributed by atoms with van der Waals surface area (Å²) in [5.41, 5.74) is 8.21. The van der Waals surface area contributed by atoms with Crippen molar-refractivity contribution in [3.63, 3.8) is 0 Å². The van der Waals surface area contributed by atoms with E-state index in [1.54, 1.807) is 6.07 Å². The van der Waals surface area contributed by atoms with Gasteiger partial charge >= 0.3 is 0 Å². The molecule has 0 fully saturated rings. The number of nitrogens with one attached hydrogen (secondary N) is 1. The topological polar surface area (TPSA) is 58.4 Å². The van der Waals surface area contributed by atoms with E-state index in [0.717, 1.165) is 23.4 Å². The summed E-state index contributed by atoms with van der Waals surface area (Å²) in [7, 11) is 1.98. The Morgan fingerprint density at radius 1 is 1.50 bits per heavy atom. The van der Waals surface area contributed by atoms with E-state index in [0.29, 0.717) is 18.3 Å². The highest BCUT2D eigenvalue weighted by atomic mass is 32.2. The standard InChI is InChI=1S/C15H25N3OS/c1-11-5-6-13(16)9-14(11)17-15(19)10-18(3)12(2)7-8-20-4/h5-6,9,12H,7-8,10,16H2,1-4H3,(H,17,19). The molecule has 3 N–H and O–H groups in total. The largest absolute Gasteiger partial charge is 0.399 e. The minimum atomic E-state index is -0.00259. The molecule has 1 aromatic carbocycles. The van der Waals surface area contributed by atoms with Gasteiger partial charge in [-0.15, -0.1) is 0 Å². The van der Waals surface area contributed by atoms with Crippen molar-refractivity contribution in [3.05, 3.63) is 23.8 Å². The van der Waals surface area contributed by atoms with Gasteiger partial charge in [-0.2, -0.15) is 11.8 Å². The maximum absolute atomic E-state index is 12.1. The molecule has 4 nitrogen and oxygen atoms in total. The van der Waals surface area contributed by atoms with Crippen LogP contribution >= 0.6 is 11.8 Å². The van der Waals surface area contributed by atoms with Crippen LogP contribution in [0, 0.1) is 6.92 Å². The zero-order valence-corrected chi connectivity index (χ0v) is 13.6. The van der Waals surface area contributed by atoms with Crippen LogP contribution in [0.15, 0.2) is 18.2 Å². The van der Waals surface area contributed by atoms with Crippen LogP contribution in [0.1, 0.15) is 18.9 Å². The summed E-state index contributed by atoms with van der Waals surface area (Å²) in [5.74, 6) is 1.11. The smallest absolute Gasteiger partial charge is 0.238 e. The lowest BCUT2D eigenvalue weighted by atomic mass is 10.2. The molecule has 0 aliphatic carbocycles. The van der Waals surface area contributed by atoms with Gasteiger partial charge in [-0.1, -0.05) is 6.07 Å². The van der Waals surface area contributed by atoms with Gasteiger partial charge in [0.2, 0.25) is 5.91 Å². The molecule has 0 aliphatic heterocycles. The first kappa shape index (κ1) is 16.9. The van der Waals surface area contributed by atoms with Crippen LogP contribution in [0.25, 0.3) is 0 Å². The summed E-state index contributed by atoms with van der Waals surface area (Å²) in [6.07, 6.45) is 3.18. The number of carbonyl (C=O) groups is 1. The molecule has 1 unspecified atom stereocenters. The molecule has 1 amide bonds. The van der Waals surface area contributed by atoms with Crippen LogP contribution < -0.4 is 11.1 Å². The van der Waals surface area contributed by atoms with Crippen molar-refractivity contribution in [2.45, 2.75) is 26.3 Å². The Bertz CT molecular complexity index is 451. The third-order valence-corrected chi connectivity index (χ3v) is 4.06. The number of hydrogen-bond donors (Lipinski definition) is 2. The van der Waals surface area contributed by atoms with E-state index in [-0.39, 0.29) is 5.91 Å². The van der Waals surface area contributed by atoms with Crippen LogP contribution in [0.5, 0.6) is 0 Å². The number of anilines is 2. The number of hydrogen-bond acceptors (Lipinski definition) is 4. The Hall–Kier alpha value is -1.20. The Balaban J connectivity index is 2.52. The van der Waals surface area contributed by atoms with Crippen molar-refractivity contribution in [3.8, 4) is 0 Å². The number of rotatable bonds is 7. The second kappa shape index (κ2) is 8.17. The maximum Gasteiger partial charge on any atom is 0.238 e. The molecular weight excluding hydrogens is 270 g/mol. The zero-order chi connectivity index (χ0) is 15.1. The highest BCUT2D eigenvalue weighted by Gasteiger charge is 2.13. The van der Waals surface area contributed by atoms with Crippen molar-refractivity contribution in [2.24, 2.45) is 0 Å². The van der Waals surface area contributed by atoms with Gasteiger partial charge < -0.3 is 11.1 Å². The van der Waals surface area contributed by atoms with E-state index in [9.17, 15) is 4.79 Å². The molecule has 0 radical (unpaired) electrons. The lowest BCUT2D eigenvalue weighted by Gasteiger charge is -2.24. The molecule has 0 spiro atoms. The Kier molecular flexibility index (Phi) is 6.88. The van der Waals surface area contributed by atoms with Crippen LogP contribution in [-0.2, 0) is 4.79 Å². The highest BCUT2D eigenvalue weighted by molar-refractivity contribution is 7.98. The molecule has 1 rings (SSSR count). The Morgan fingerprint density at radius 2 is 2.20 bits per heavy atom. The number of nitrogen functional groups attached to an aromatic ring is 1. The predicted octanol–water partition coefficient (Wildman–Crippen LogP) is 2.59. The lowest BCUT2D eigenvalue weighted by Crippen LogP contribution is -2.36. The van der Waals surface area contributed by atoms with E-state index >= 15 is 0 Å². The lowest BCUT2D eigenvalue weighted by molar-refractivity contribution is -0.117. The normalized spacial score (nSPS) is 12.4. The Morgan fingerprint density at radius 3 is 2.85 bits per heavy atom. The number of nitrogens with two attached hydrogens (primary N) is 1. The summed E-state index contributed by atoms with van der Waals surface area (Å²) in [6, 6.07) is 5.94. The number of nitrogens with zero attached hydrogens (tertiary/aromatic N) is 1. The van der Waals surface area contributed by atoms with E-state index in [2.05, 4.69) is 23.4 Å². The van der Waals surface area contributed by atoms with E-state index in [1.807, 2.05) is 37.9 Å². The molecule has 1 aromatic rings. The molecule has 0 aliphatic rings. The second-order valence-electron chi connectivity index (χ2n) is 5.17. The summed E-state index contributed by atoms with van der Waals surface area (Å²) >= 11 is 1.83. The molecule has 0 saturated heterocycles. The molecule has 0 heterocycles. The second-order valence-corrected chi connectivity index (χ2v) is 6.15. The number of amides is 1. The number of benzene rings is 1. The fourth-order valence-corrected chi connectivity index (χ4v) is 2.43. The quantitative estimate of drug-likeness (QED) is 0.759. The highest BCUT2D eigenvalue weighted by Crippen LogP contribution is 2.18. The summed E-state index contributed by atoms with van der Waals surface area (Å²) in [5, 5.41) is 2.93. The van der Waals surface area contributed by atoms with E-state index in [4.69, 9.17) is 5.73 Å². The Labute approximate surface area is 126 Å². The number of likely N-dealkylation sites (N-methyl/N-ethyl adjacent to an activating group) is 1.